The molecule has 2 aromatic carbocycles. The number of nitrogens with zero attached hydrogens (tertiary/aromatic N) is 1. The molecular formula is C18H17N3O3S. The smallest absolute Gasteiger partial charge is 0.261 e. The molecule has 0 radical (unpaired) electrons. The summed E-state index contributed by atoms with van der Waals surface area (Å²) in [7, 11) is -2.23. The molecule has 6 nitrogen and oxygen atoms in total. The summed E-state index contributed by atoms with van der Waals surface area (Å²) in [5.41, 5.74) is 8.00. The number of nitrogens with two attached hydrogens (primary N) is 1. The van der Waals surface area contributed by atoms with Crippen molar-refractivity contribution in [3.63, 3.8) is 0 Å². The number of aromatic nitrogens is 1. The molecule has 3 N–H and O–H groups in total. The van der Waals surface area contributed by atoms with Crippen molar-refractivity contribution in [2.45, 2.75) is 4.90 Å². The Labute approximate surface area is 146 Å². The number of rotatable bonds is 5. The summed E-state index contributed by atoms with van der Waals surface area (Å²) in [5.74, 6) is 0.584. The molecule has 25 heavy (non-hydrogen) atoms. The molecule has 7 heteroatoms. The third kappa shape index (κ3) is 3.72. The Bertz CT molecular complexity index is 986. The van der Waals surface area contributed by atoms with Gasteiger partial charge in [0.25, 0.3) is 10.0 Å². The lowest BCUT2D eigenvalue weighted by Crippen LogP contribution is -2.14. The highest BCUT2D eigenvalue weighted by atomic mass is 32.2. The van der Waals surface area contributed by atoms with E-state index in [0.29, 0.717) is 22.8 Å². The maximum atomic E-state index is 12.6. The Morgan fingerprint density at radius 3 is 2.48 bits per heavy atom. The summed E-state index contributed by atoms with van der Waals surface area (Å²) in [6.45, 7) is 0. The summed E-state index contributed by atoms with van der Waals surface area (Å²) < 4.78 is 32.9. The van der Waals surface area contributed by atoms with Gasteiger partial charge in [0.1, 0.15) is 5.75 Å². The van der Waals surface area contributed by atoms with E-state index in [-0.39, 0.29) is 4.90 Å². The van der Waals surface area contributed by atoms with Crippen molar-refractivity contribution in [1.29, 1.82) is 0 Å². The minimum absolute atomic E-state index is 0.135. The maximum Gasteiger partial charge on any atom is 0.261 e. The van der Waals surface area contributed by atoms with Crippen LogP contribution in [-0.4, -0.2) is 20.5 Å². The first kappa shape index (κ1) is 16.8. The second-order valence-corrected chi connectivity index (χ2v) is 6.99. The van der Waals surface area contributed by atoms with Crippen molar-refractivity contribution >= 4 is 21.4 Å². The van der Waals surface area contributed by atoms with Crippen LogP contribution in [-0.2, 0) is 10.0 Å². The fourth-order valence-corrected chi connectivity index (χ4v) is 3.43. The van der Waals surface area contributed by atoms with Crippen molar-refractivity contribution in [3.05, 3.63) is 66.9 Å². The lowest BCUT2D eigenvalue weighted by Gasteiger charge is -2.12. The highest BCUT2D eigenvalue weighted by Crippen LogP contribution is 2.28. The van der Waals surface area contributed by atoms with Crippen molar-refractivity contribution in [2.75, 3.05) is 17.6 Å². The maximum absolute atomic E-state index is 12.6. The van der Waals surface area contributed by atoms with Crippen molar-refractivity contribution in [3.8, 4) is 17.0 Å². The molecule has 0 spiro atoms. The van der Waals surface area contributed by atoms with Crippen LogP contribution in [0, 0.1) is 0 Å². The van der Waals surface area contributed by atoms with Crippen LogP contribution in [0.3, 0.4) is 0 Å². The van der Waals surface area contributed by atoms with Crippen molar-refractivity contribution in [2.24, 2.45) is 0 Å². The van der Waals surface area contributed by atoms with Gasteiger partial charge in [-0.1, -0.05) is 12.1 Å². The molecule has 0 amide bonds. The van der Waals surface area contributed by atoms with E-state index >= 15 is 0 Å². The van der Waals surface area contributed by atoms with Gasteiger partial charge in [-0.2, -0.15) is 0 Å². The number of hydrogen-bond donors (Lipinski definition) is 2. The fourth-order valence-electron chi connectivity index (χ4n) is 2.36. The highest BCUT2D eigenvalue weighted by Gasteiger charge is 2.17. The standard InChI is InChI=1S/C18H17N3O3S/c1-24-15-7-9-16(10-8-15)25(22,23)21-17-6-3-11-20-18(17)13-4-2-5-14(19)12-13/h2-12,21H,19H2,1H3. The minimum Gasteiger partial charge on any atom is -0.497 e. The molecule has 0 saturated heterocycles. The lowest BCUT2D eigenvalue weighted by molar-refractivity contribution is 0.414. The monoisotopic (exact) mass is 355 g/mol. The van der Waals surface area contributed by atoms with Crippen LogP contribution in [0.5, 0.6) is 5.75 Å². The molecule has 0 bridgehead atoms. The molecule has 0 aliphatic rings. The molecular weight excluding hydrogens is 338 g/mol. The number of nitrogens with one attached hydrogen (secondary N) is 1. The quantitative estimate of drug-likeness (QED) is 0.686. The summed E-state index contributed by atoms with van der Waals surface area (Å²) in [6, 6.07) is 16.6. The van der Waals surface area contributed by atoms with Gasteiger partial charge in [0.15, 0.2) is 0 Å². The van der Waals surface area contributed by atoms with E-state index in [4.69, 9.17) is 10.5 Å². The molecule has 0 aliphatic carbocycles. The Kier molecular flexibility index (Phi) is 4.58. The predicted octanol–water partition coefficient (Wildman–Crippen LogP) is 3.14. The Balaban J connectivity index is 1.97. The van der Waals surface area contributed by atoms with E-state index in [1.807, 2.05) is 6.07 Å². The topological polar surface area (TPSA) is 94.3 Å². The van der Waals surface area contributed by atoms with Gasteiger partial charge in [-0.3, -0.25) is 9.71 Å². The third-order valence-corrected chi connectivity index (χ3v) is 4.96. The molecule has 0 fully saturated rings. The number of ether oxygens (including phenoxy) is 1. The predicted molar refractivity (Wildman–Crippen MR) is 97.9 cm³/mol. The van der Waals surface area contributed by atoms with Crippen molar-refractivity contribution < 1.29 is 13.2 Å². The second-order valence-electron chi connectivity index (χ2n) is 5.31. The molecule has 1 aromatic heterocycles. The first-order chi connectivity index (χ1) is 12.0. The number of methoxy groups -OCH3 is 1. The average molecular weight is 355 g/mol. The van der Waals surface area contributed by atoms with Crippen LogP contribution in [0.1, 0.15) is 0 Å². The van der Waals surface area contributed by atoms with Gasteiger partial charge in [-0.05, 0) is 48.5 Å². The summed E-state index contributed by atoms with van der Waals surface area (Å²) in [6.07, 6.45) is 1.60. The normalized spacial score (nSPS) is 11.1. The zero-order valence-corrected chi connectivity index (χ0v) is 14.3. The van der Waals surface area contributed by atoms with E-state index < -0.39 is 10.0 Å². The molecule has 0 aliphatic heterocycles. The number of pyridine rings is 1. The molecule has 0 unspecified atom stereocenters. The number of anilines is 2. The zero-order valence-electron chi connectivity index (χ0n) is 13.5. The molecule has 3 aromatic rings. The molecule has 3 rings (SSSR count). The molecule has 0 atom stereocenters. The number of sulfonamides is 1. The summed E-state index contributed by atoms with van der Waals surface area (Å²) in [4.78, 5) is 4.43. The van der Waals surface area contributed by atoms with Gasteiger partial charge < -0.3 is 10.5 Å². The summed E-state index contributed by atoms with van der Waals surface area (Å²) >= 11 is 0. The number of benzene rings is 2. The molecule has 0 saturated carbocycles. The van der Waals surface area contributed by atoms with Gasteiger partial charge in [-0.25, -0.2) is 8.42 Å². The van der Waals surface area contributed by atoms with Crippen LogP contribution in [0.4, 0.5) is 11.4 Å². The Morgan fingerprint density at radius 2 is 1.80 bits per heavy atom. The second kappa shape index (κ2) is 6.82. The largest absolute Gasteiger partial charge is 0.497 e. The van der Waals surface area contributed by atoms with E-state index in [9.17, 15) is 8.42 Å². The number of nitrogen functional groups attached to an aromatic ring is 1. The summed E-state index contributed by atoms with van der Waals surface area (Å²) in [5, 5.41) is 0. The van der Waals surface area contributed by atoms with Gasteiger partial charge >= 0.3 is 0 Å². The van der Waals surface area contributed by atoms with Gasteiger partial charge in [-0.15, -0.1) is 0 Å². The Morgan fingerprint density at radius 1 is 1.04 bits per heavy atom. The van der Waals surface area contributed by atoms with Gasteiger partial charge in [0.2, 0.25) is 0 Å². The molecule has 128 valence electrons. The van der Waals surface area contributed by atoms with Crippen LogP contribution < -0.4 is 15.2 Å². The first-order valence-electron chi connectivity index (χ1n) is 7.47. The minimum atomic E-state index is -3.76. The van der Waals surface area contributed by atoms with E-state index in [2.05, 4.69) is 9.71 Å². The molecule has 1 heterocycles. The SMILES string of the molecule is COc1ccc(S(=O)(=O)Nc2cccnc2-c2cccc(N)c2)cc1. The first-order valence-corrected chi connectivity index (χ1v) is 8.96. The average Bonchev–Trinajstić information content (AvgIpc) is 2.62. The van der Waals surface area contributed by atoms with Crippen LogP contribution in [0.2, 0.25) is 0 Å². The zero-order chi connectivity index (χ0) is 17.9. The van der Waals surface area contributed by atoms with Gasteiger partial charge in [0, 0.05) is 17.4 Å². The van der Waals surface area contributed by atoms with Crippen LogP contribution in [0.25, 0.3) is 11.3 Å². The highest BCUT2D eigenvalue weighted by molar-refractivity contribution is 7.92. The lowest BCUT2D eigenvalue weighted by atomic mass is 10.1. The number of hydrogen-bond acceptors (Lipinski definition) is 5. The van der Waals surface area contributed by atoms with Crippen LogP contribution in [0.15, 0.2) is 71.8 Å². The third-order valence-electron chi connectivity index (χ3n) is 3.58. The van der Waals surface area contributed by atoms with Crippen molar-refractivity contribution in [1.82, 2.24) is 4.98 Å². The Hall–Kier alpha value is -3.06. The van der Waals surface area contributed by atoms with E-state index in [1.54, 1.807) is 48.7 Å². The van der Waals surface area contributed by atoms with E-state index in [0.717, 1.165) is 5.56 Å². The van der Waals surface area contributed by atoms with Gasteiger partial charge in [0.05, 0.1) is 23.4 Å². The fraction of sp³-hybridized carbons (Fsp3) is 0.0556. The van der Waals surface area contributed by atoms with E-state index in [1.165, 1.54) is 19.2 Å². The van der Waals surface area contributed by atoms with Crippen LogP contribution >= 0.6 is 0 Å².